The van der Waals surface area contributed by atoms with Crippen molar-refractivity contribution in [2.24, 2.45) is 0 Å². The molecule has 0 amide bonds. The van der Waals surface area contributed by atoms with Gasteiger partial charge in [-0.3, -0.25) is 4.79 Å². The molecular formula is C10H7BrClNO2. The lowest BCUT2D eigenvalue weighted by molar-refractivity contribution is -0.136. The number of halogens is 2. The third-order valence-electron chi connectivity index (χ3n) is 2.15. The Labute approximate surface area is 99.2 Å². The van der Waals surface area contributed by atoms with Gasteiger partial charge in [0.15, 0.2) is 0 Å². The molecule has 1 aromatic carbocycles. The molecule has 0 atom stereocenters. The zero-order valence-electron chi connectivity index (χ0n) is 7.55. The molecule has 0 bridgehead atoms. The van der Waals surface area contributed by atoms with Gasteiger partial charge in [0.1, 0.15) is 0 Å². The van der Waals surface area contributed by atoms with Crippen LogP contribution >= 0.6 is 27.5 Å². The molecule has 0 aliphatic carbocycles. The fraction of sp³-hybridized carbons (Fsp3) is 0.100. The number of nitrogens with one attached hydrogen (secondary N) is 1. The van der Waals surface area contributed by atoms with E-state index in [9.17, 15) is 4.79 Å². The molecule has 0 saturated carbocycles. The van der Waals surface area contributed by atoms with E-state index >= 15 is 0 Å². The summed E-state index contributed by atoms with van der Waals surface area (Å²) >= 11 is 9.25. The number of fused-ring (bicyclic) bond motifs is 1. The van der Waals surface area contributed by atoms with E-state index in [2.05, 4.69) is 20.9 Å². The first kappa shape index (κ1) is 10.5. The first-order chi connectivity index (χ1) is 7.08. The van der Waals surface area contributed by atoms with Crippen LogP contribution in [0.15, 0.2) is 22.8 Å². The molecule has 0 unspecified atom stereocenters. The second kappa shape index (κ2) is 3.87. The molecule has 0 aliphatic heterocycles. The fourth-order valence-corrected chi connectivity index (χ4v) is 1.99. The summed E-state index contributed by atoms with van der Waals surface area (Å²) in [5.41, 5.74) is 1.62. The summed E-state index contributed by atoms with van der Waals surface area (Å²) in [6.45, 7) is 0. The number of hydrogen-bond donors (Lipinski definition) is 2. The molecule has 5 heteroatoms. The van der Waals surface area contributed by atoms with Crippen LogP contribution in [0, 0.1) is 0 Å². The van der Waals surface area contributed by atoms with Crippen molar-refractivity contribution in [3.8, 4) is 0 Å². The lowest BCUT2D eigenvalue weighted by Gasteiger charge is -1.98. The Morgan fingerprint density at radius 3 is 2.93 bits per heavy atom. The van der Waals surface area contributed by atoms with Crippen LogP contribution in [0.2, 0.25) is 5.02 Å². The summed E-state index contributed by atoms with van der Waals surface area (Å²) in [5.74, 6) is -0.852. The van der Waals surface area contributed by atoms with Crippen molar-refractivity contribution in [3.63, 3.8) is 0 Å². The Kier molecular flexibility index (Phi) is 2.71. The predicted molar refractivity (Wildman–Crippen MR) is 62.3 cm³/mol. The number of carbonyl (C=O) groups is 1. The second-order valence-corrected chi connectivity index (χ2v) is 4.46. The number of hydrogen-bond acceptors (Lipinski definition) is 1. The summed E-state index contributed by atoms with van der Waals surface area (Å²) in [4.78, 5) is 13.6. The normalized spacial score (nSPS) is 10.8. The number of carboxylic acids is 1. The standard InChI is InChI=1S/C10H7BrClNO2/c11-7-3-9-6(2-8(7)12)5(4-13-9)1-10(14)15/h2-4,13H,1H2,(H,14,15). The minimum atomic E-state index is -0.852. The van der Waals surface area contributed by atoms with Crippen LogP contribution in [0.4, 0.5) is 0 Å². The van der Waals surface area contributed by atoms with Crippen molar-refractivity contribution in [1.29, 1.82) is 0 Å². The van der Waals surface area contributed by atoms with Gasteiger partial charge in [-0.15, -0.1) is 0 Å². The van der Waals surface area contributed by atoms with Gasteiger partial charge in [0.25, 0.3) is 0 Å². The smallest absolute Gasteiger partial charge is 0.307 e. The molecule has 3 nitrogen and oxygen atoms in total. The van der Waals surface area contributed by atoms with Gasteiger partial charge in [-0.2, -0.15) is 0 Å². The zero-order valence-corrected chi connectivity index (χ0v) is 9.89. The molecule has 0 saturated heterocycles. The molecule has 0 radical (unpaired) electrons. The maximum Gasteiger partial charge on any atom is 0.307 e. The SMILES string of the molecule is O=C(O)Cc1c[nH]c2cc(Br)c(Cl)cc12. The highest BCUT2D eigenvalue weighted by Crippen LogP contribution is 2.29. The van der Waals surface area contributed by atoms with Crippen molar-refractivity contribution in [2.45, 2.75) is 6.42 Å². The highest BCUT2D eigenvalue weighted by molar-refractivity contribution is 9.10. The van der Waals surface area contributed by atoms with Crippen molar-refractivity contribution in [1.82, 2.24) is 4.98 Å². The Morgan fingerprint density at radius 2 is 2.27 bits per heavy atom. The van der Waals surface area contributed by atoms with Gasteiger partial charge in [0, 0.05) is 21.6 Å². The maximum atomic E-state index is 10.6. The van der Waals surface area contributed by atoms with Crippen LogP contribution < -0.4 is 0 Å². The van der Waals surface area contributed by atoms with Crippen molar-refractivity contribution >= 4 is 44.4 Å². The molecule has 0 spiro atoms. The number of aliphatic carboxylic acids is 1. The largest absolute Gasteiger partial charge is 0.481 e. The molecule has 1 aromatic heterocycles. The summed E-state index contributed by atoms with van der Waals surface area (Å²) < 4.78 is 0.792. The van der Waals surface area contributed by atoms with Crippen LogP contribution in [-0.4, -0.2) is 16.1 Å². The quantitative estimate of drug-likeness (QED) is 0.891. The third-order valence-corrected chi connectivity index (χ3v) is 3.35. The molecule has 15 heavy (non-hydrogen) atoms. The monoisotopic (exact) mass is 287 g/mol. The average Bonchev–Trinajstić information content (AvgIpc) is 2.49. The first-order valence-electron chi connectivity index (χ1n) is 4.24. The Morgan fingerprint density at radius 1 is 1.53 bits per heavy atom. The van der Waals surface area contributed by atoms with Crippen molar-refractivity contribution < 1.29 is 9.90 Å². The van der Waals surface area contributed by atoms with Gasteiger partial charge < -0.3 is 10.1 Å². The predicted octanol–water partition coefficient (Wildman–Crippen LogP) is 3.21. The number of carboxylic acid groups (broad SMARTS) is 1. The van der Waals surface area contributed by atoms with Crippen molar-refractivity contribution in [2.75, 3.05) is 0 Å². The fourth-order valence-electron chi connectivity index (χ4n) is 1.48. The molecule has 78 valence electrons. The minimum Gasteiger partial charge on any atom is -0.481 e. The Hall–Kier alpha value is -1.000. The molecule has 1 heterocycles. The van der Waals surface area contributed by atoms with E-state index in [1.165, 1.54) is 0 Å². The molecule has 0 fully saturated rings. The number of aromatic nitrogens is 1. The van der Waals surface area contributed by atoms with Crippen molar-refractivity contribution in [3.05, 3.63) is 33.4 Å². The van der Waals surface area contributed by atoms with Crippen LogP contribution in [0.3, 0.4) is 0 Å². The van der Waals surface area contributed by atoms with E-state index < -0.39 is 5.97 Å². The summed E-state index contributed by atoms with van der Waals surface area (Å²) in [5, 5.41) is 10.1. The molecule has 2 N–H and O–H groups in total. The number of rotatable bonds is 2. The van der Waals surface area contributed by atoms with Gasteiger partial charge >= 0.3 is 5.97 Å². The topological polar surface area (TPSA) is 53.1 Å². The van der Waals surface area contributed by atoms with Crippen LogP contribution in [0.5, 0.6) is 0 Å². The Bertz CT molecular complexity index is 535. The van der Waals surface area contributed by atoms with Gasteiger partial charge in [-0.05, 0) is 33.6 Å². The van der Waals surface area contributed by atoms with Gasteiger partial charge in [0.05, 0.1) is 11.4 Å². The van der Waals surface area contributed by atoms with Gasteiger partial charge in [0.2, 0.25) is 0 Å². The highest BCUT2D eigenvalue weighted by Gasteiger charge is 2.09. The molecule has 2 aromatic rings. The van der Waals surface area contributed by atoms with E-state index in [1.807, 2.05) is 6.07 Å². The zero-order chi connectivity index (χ0) is 11.0. The number of aromatic amines is 1. The number of H-pyrrole nitrogens is 1. The van der Waals surface area contributed by atoms with E-state index in [0.717, 1.165) is 20.9 Å². The molecule has 0 aliphatic rings. The van der Waals surface area contributed by atoms with E-state index in [1.54, 1.807) is 12.3 Å². The van der Waals surface area contributed by atoms with Crippen LogP contribution in [-0.2, 0) is 11.2 Å². The average molecular weight is 289 g/mol. The van der Waals surface area contributed by atoms with Gasteiger partial charge in [-0.25, -0.2) is 0 Å². The maximum absolute atomic E-state index is 10.6. The van der Waals surface area contributed by atoms with Crippen LogP contribution in [0.1, 0.15) is 5.56 Å². The van der Waals surface area contributed by atoms with E-state index in [0.29, 0.717) is 5.02 Å². The lowest BCUT2D eigenvalue weighted by Crippen LogP contribution is -1.98. The van der Waals surface area contributed by atoms with Crippen LogP contribution in [0.25, 0.3) is 10.9 Å². The first-order valence-corrected chi connectivity index (χ1v) is 5.42. The summed E-state index contributed by atoms with van der Waals surface area (Å²) in [7, 11) is 0. The third kappa shape index (κ3) is 2.01. The highest BCUT2D eigenvalue weighted by atomic mass is 79.9. The van der Waals surface area contributed by atoms with E-state index in [-0.39, 0.29) is 6.42 Å². The lowest BCUT2D eigenvalue weighted by atomic mass is 10.1. The minimum absolute atomic E-state index is 0.00202. The van der Waals surface area contributed by atoms with Gasteiger partial charge in [-0.1, -0.05) is 11.6 Å². The Balaban J connectivity index is 2.59. The molecular weight excluding hydrogens is 281 g/mol. The number of benzene rings is 1. The van der Waals surface area contributed by atoms with E-state index in [4.69, 9.17) is 16.7 Å². The summed E-state index contributed by atoms with van der Waals surface area (Å²) in [6, 6.07) is 3.60. The molecule has 2 rings (SSSR count). The second-order valence-electron chi connectivity index (χ2n) is 3.20. The summed E-state index contributed by atoms with van der Waals surface area (Å²) in [6.07, 6.45) is 1.69.